The third-order valence-corrected chi connectivity index (χ3v) is 5.33. The molecule has 3 atom stereocenters. The topological polar surface area (TPSA) is 42.7 Å². The maximum Gasteiger partial charge on any atom is 0.151 e. The normalized spacial score (nSPS) is 26.5. The van der Waals surface area contributed by atoms with E-state index in [1.54, 1.807) is 0 Å². The van der Waals surface area contributed by atoms with E-state index < -0.39 is 0 Å². The molecule has 0 bridgehead atoms. The van der Waals surface area contributed by atoms with E-state index in [4.69, 9.17) is 0 Å². The molecule has 1 aliphatic carbocycles. The molecule has 3 unspecified atom stereocenters. The fraction of sp³-hybridized carbons (Fsp3) is 0.875. The van der Waals surface area contributed by atoms with Crippen LogP contribution in [0.3, 0.4) is 0 Å². The van der Waals surface area contributed by atoms with Gasteiger partial charge in [0, 0.05) is 19.0 Å². The molecule has 0 aliphatic heterocycles. The Labute approximate surface area is 137 Å². The van der Waals surface area contributed by atoms with Crippen molar-refractivity contribution in [3.8, 4) is 0 Å². The molecule has 120 valence electrons. The van der Waals surface area contributed by atoms with Gasteiger partial charge in [-0.2, -0.15) is 0 Å². The molecule has 0 radical (unpaired) electrons. The average Bonchev–Trinajstić information content (AvgIpc) is 2.77. The number of halogens is 1. The van der Waals surface area contributed by atoms with E-state index in [1.807, 2.05) is 11.7 Å². The Bertz CT molecular complexity index is 424. The summed E-state index contributed by atoms with van der Waals surface area (Å²) in [5.41, 5.74) is 1.28. The molecule has 1 aliphatic rings. The van der Waals surface area contributed by atoms with Gasteiger partial charge in [-0.25, -0.2) is 0 Å². The Kier molecular flexibility index (Phi) is 6.23. The molecule has 4 nitrogen and oxygen atoms in total. The zero-order valence-electron chi connectivity index (χ0n) is 13.8. The maximum absolute atomic E-state index is 4.20. The largest absolute Gasteiger partial charge is 0.314 e. The summed E-state index contributed by atoms with van der Waals surface area (Å²) in [6.45, 7) is 7.83. The van der Waals surface area contributed by atoms with Crippen LogP contribution in [-0.4, -0.2) is 27.6 Å². The number of aromatic nitrogens is 3. The lowest BCUT2D eigenvalue weighted by atomic mass is 9.71. The van der Waals surface area contributed by atoms with Crippen LogP contribution in [0, 0.1) is 11.8 Å². The highest BCUT2D eigenvalue weighted by Crippen LogP contribution is 2.43. The SMILES string of the molecule is CCCC1CCC(CNC(C)C)C(c2c(Br)nnn2C)C1. The summed E-state index contributed by atoms with van der Waals surface area (Å²) in [4.78, 5) is 0. The first-order valence-electron chi connectivity index (χ1n) is 8.31. The fourth-order valence-corrected chi connectivity index (χ4v) is 4.31. The molecule has 1 aromatic rings. The highest BCUT2D eigenvalue weighted by Gasteiger charge is 2.34. The summed E-state index contributed by atoms with van der Waals surface area (Å²) >= 11 is 3.60. The van der Waals surface area contributed by atoms with Crippen LogP contribution in [0.2, 0.25) is 0 Å². The quantitative estimate of drug-likeness (QED) is 0.840. The minimum atomic E-state index is 0.548. The molecule has 21 heavy (non-hydrogen) atoms. The van der Waals surface area contributed by atoms with Crippen molar-refractivity contribution < 1.29 is 0 Å². The van der Waals surface area contributed by atoms with Crippen molar-refractivity contribution in [1.82, 2.24) is 20.3 Å². The lowest BCUT2D eigenvalue weighted by molar-refractivity contribution is 0.211. The number of rotatable bonds is 6. The van der Waals surface area contributed by atoms with Crippen LogP contribution >= 0.6 is 15.9 Å². The van der Waals surface area contributed by atoms with Crippen LogP contribution in [0.25, 0.3) is 0 Å². The third kappa shape index (κ3) is 4.28. The average molecular weight is 357 g/mol. The van der Waals surface area contributed by atoms with E-state index in [-0.39, 0.29) is 0 Å². The summed E-state index contributed by atoms with van der Waals surface area (Å²) in [7, 11) is 2.02. The summed E-state index contributed by atoms with van der Waals surface area (Å²) in [5, 5.41) is 12.0. The molecule has 0 aromatic carbocycles. The molecular formula is C16H29BrN4. The molecule has 1 heterocycles. The van der Waals surface area contributed by atoms with Gasteiger partial charge in [-0.15, -0.1) is 5.10 Å². The van der Waals surface area contributed by atoms with Gasteiger partial charge in [0.05, 0.1) is 5.69 Å². The monoisotopic (exact) mass is 356 g/mol. The van der Waals surface area contributed by atoms with Gasteiger partial charge >= 0.3 is 0 Å². The van der Waals surface area contributed by atoms with Crippen molar-refractivity contribution >= 4 is 15.9 Å². The molecule has 2 rings (SSSR count). The Morgan fingerprint density at radius 2 is 2.14 bits per heavy atom. The number of hydrogen-bond acceptors (Lipinski definition) is 3. The van der Waals surface area contributed by atoms with Crippen molar-refractivity contribution in [3.63, 3.8) is 0 Å². The smallest absolute Gasteiger partial charge is 0.151 e. The molecule has 5 heteroatoms. The van der Waals surface area contributed by atoms with Gasteiger partial charge in [0.15, 0.2) is 4.60 Å². The van der Waals surface area contributed by atoms with Gasteiger partial charge in [0.25, 0.3) is 0 Å². The Balaban J connectivity index is 2.16. The van der Waals surface area contributed by atoms with Crippen LogP contribution in [0.4, 0.5) is 0 Å². The van der Waals surface area contributed by atoms with Crippen molar-refractivity contribution in [2.75, 3.05) is 6.54 Å². The second-order valence-electron chi connectivity index (χ2n) is 6.79. The minimum absolute atomic E-state index is 0.548. The Hall–Kier alpha value is -0.420. The van der Waals surface area contributed by atoms with E-state index in [0.717, 1.165) is 17.1 Å². The first-order chi connectivity index (χ1) is 10.0. The Morgan fingerprint density at radius 1 is 1.38 bits per heavy atom. The molecule has 1 N–H and O–H groups in total. The minimum Gasteiger partial charge on any atom is -0.314 e. The zero-order chi connectivity index (χ0) is 15.4. The van der Waals surface area contributed by atoms with Crippen molar-refractivity contribution in [3.05, 3.63) is 10.3 Å². The van der Waals surface area contributed by atoms with Crippen molar-refractivity contribution in [1.29, 1.82) is 0 Å². The highest BCUT2D eigenvalue weighted by atomic mass is 79.9. The standard InChI is InChI=1S/C16H29BrN4/c1-5-6-12-7-8-13(10-18-11(2)3)14(9-12)15-16(17)19-20-21(15)4/h11-14,18H,5-10H2,1-4H3. The van der Waals surface area contributed by atoms with Crippen LogP contribution in [0.1, 0.15) is 64.5 Å². The van der Waals surface area contributed by atoms with Crippen molar-refractivity contribution in [2.45, 2.75) is 64.8 Å². The Morgan fingerprint density at radius 3 is 2.71 bits per heavy atom. The molecule has 1 fully saturated rings. The van der Waals surface area contributed by atoms with Crippen LogP contribution in [-0.2, 0) is 7.05 Å². The first-order valence-corrected chi connectivity index (χ1v) is 9.10. The van der Waals surface area contributed by atoms with Gasteiger partial charge in [-0.3, -0.25) is 4.68 Å². The van der Waals surface area contributed by atoms with Gasteiger partial charge in [-0.1, -0.05) is 45.2 Å². The van der Waals surface area contributed by atoms with Crippen LogP contribution in [0.15, 0.2) is 4.60 Å². The first kappa shape index (κ1) is 16.9. The van der Waals surface area contributed by atoms with E-state index in [0.29, 0.717) is 17.9 Å². The van der Waals surface area contributed by atoms with Crippen LogP contribution in [0.5, 0.6) is 0 Å². The van der Waals surface area contributed by atoms with E-state index in [1.165, 1.54) is 37.8 Å². The number of hydrogen-bond donors (Lipinski definition) is 1. The fourth-order valence-electron chi connectivity index (χ4n) is 3.69. The summed E-state index contributed by atoms with van der Waals surface area (Å²) in [6, 6.07) is 0.548. The number of aryl methyl sites for hydroxylation is 1. The number of nitrogens with one attached hydrogen (secondary N) is 1. The zero-order valence-corrected chi connectivity index (χ0v) is 15.4. The lowest BCUT2D eigenvalue weighted by Crippen LogP contribution is -2.35. The maximum atomic E-state index is 4.20. The second-order valence-corrected chi connectivity index (χ2v) is 7.54. The van der Waals surface area contributed by atoms with E-state index in [2.05, 4.69) is 52.3 Å². The molecule has 0 saturated heterocycles. The van der Waals surface area contributed by atoms with Gasteiger partial charge in [0.2, 0.25) is 0 Å². The highest BCUT2D eigenvalue weighted by molar-refractivity contribution is 9.10. The molecule has 0 spiro atoms. The molecule has 1 aromatic heterocycles. The molecule has 1 saturated carbocycles. The number of nitrogens with zero attached hydrogens (tertiary/aromatic N) is 3. The van der Waals surface area contributed by atoms with E-state index >= 15 is 0 Å². The summed E-state index contributed by atoms with van der Waals surface area (Å²) in [6.07, 6.45) is 6.60. The van der Waals surface area contributed by atoms with Crippen molar-refractivity contribution in [2.24, 2.45) is 18.9 Å². The van der Waals surface area contributed by atoms with Gasteiger partial charge in [-0.05, 0) is 47.2 Å². The molecular weight excluding hydrogens is 328 g/mol. The summed E-state index contributed by atoms with van der Waals surface area (Å²) < 4.78 is 2.90. The molecule has 0 amide bonds. The predicted octanol–water partition coefficient (Wildman–Crippen LogP) is 3.88. The second kappa shape index (κ2) is 7.73. The lowest BCUT2D eigenvalue weighted by Gasteiger charge is -2.36. The third-order valence-electron chi connectivity index (χ3n) is 4.77. The van der Waals surface area contributed by atoms with Gasteiger partial charge < -0.3 is 5.32 Å². The predicted molar refractivity (Wildman–Crippen MR) is 90.3 cm³/mol. The van der Waals surface area contributed by atoms with Crippen LogP contribution < -0.4 is 5.32 Å². The van der Waals surface area contributed by atoms with E-state index in [9.17, 15) is 0 Å². The van der Waals surface area contributed by atoms with Gasteiger partial charge in [0.1, 0.15) is 0 Å². The summed E-state index contributed by atoms with van der Waals surface area (Å²) in [5.74, 6) is 2.11.